The Balaban J connectivity index is 2.33. The molecule has 0 fully saturated rings. The van der Waals surface area contributed by atoms with Crippen LogP contribution in [0.4, 0.5) is 0 Å². The summed E-state index contributed by atoms with van der Waals surface area (Å²) >= 11 is 0.935. The number of carbonyl (C=O) groups excluding carboxylic acids is 1. The van der Waals surface area contributed by atoms with Gasteiger partial charge < -0.3 is 19.9 Å². The zero-order valence-corrected chi connectivity index (χ0v) is 12.8. The van der Waals surface area contributed by atoms with E-state index in [-0.39, 0.29) is 17.4 Å². The highest BCUT2D eigenvalue weighted by Crippen LogP contribution is 2.29. The van der Waals surface area contributed by atoms with Crippen molar-refractivity contribution < 1.29 is 24.9 Å². The number of benzene rings is 1. The minimum Gasteiger partial charge on any atom is -0.480 e. The number of hydrogen-bond donors (Lipinski definition) is 3. The Kier molecular flexibility index (Phi) is 5.23. The number of aromatic nitrogens is 1. The molecular weight excluding hydrogens is 306 g/mol. The number of nitrogens with zero attached hydrogens (tertiary/aromatic N) is 1. The average molecular weight is 323 g/mol. The summed E-state index contributed by atoms with van der Waals surface area (Å²) in [6, 6.07) is 7.07. The maximum absolute atomic E-state index is 10.9. The molecule has 0 saturated heterocycles. The molecule has 0 aliphatic heterocycles. The largest absolute Gasteiger partial charge is 0.480 e. The smallest absolute Gasteiger partial charge is 0.323 e. The first-order valence-electron chi connectivity index (χ1n) is 6.69. The second-order valence-electron chi connectivity index (χ2n) is 4.94. The highest BCUT2D eigenvalue weighted by molar-refractivity contribution is 8.13. The molecule has 2 rings (SSSR count). The van der Waals surface area contributed by atoms with Gasteiger partial charge in [-0.15, -0.1) is 0 Å². The van der Waals surface area contributed by atoms with E-state index in [0.29, 0.717) is 16.5 Å². The van der Waals surface area contributed by atoms with Crippen molar-refractivity contribution in [2.75, 3.05) is 5.75 Å². The molecule has 2 atom stereocenters. The van der Waals surface area contributed by atoms with E-state index in [1.165, 1.54) is 17.7 Å². The van der Waals surface area contributed by atoms with Gasteiger partial charge in [0, 0.05) is 35.3 Å². The van der Waals surface area contributed by atoms with Gasteiger partial charge in [-0.3, -0.25) is 9.59 Å². The number of thioether (sulfide) groups is 1. The zero-order valence-electron chi connectivity index (χ0n) is 12.0. The van der Waals surface area contributed by atoms with Crippen molar-refractivity contribution in [1.29, 1.82) is 0 Å². The second kappa shape index (κ2) is 6.95. The summed E-state index contributed by atoms with van der Waals surface area (Å²) in [5.74, 6) is -0.913. The molecule has 0 bridgehead atoms. The fourth-order valence-electron chi connectivity index (χ4n) is 2.29. The standard InChI is InChI=1S/C15H17NO5S/c1-9(17)22-8-13(18)15(21)11-6-16(7-14(19)20)12-5-3-2-4-10(11)12/h2-6,13,15,18,21H,7-8H2,1H3,(H,19,20). The lowest BCUT2D eigenvalue weighted by atomic mass is 10.0. The van der Waals surface area contributed by atoms with Gasteiger partial charge >= 0.3 is 5.97 Å². The molecule has 2 aromatic rings. The van der Waals surface area contributed by atoms with Crippen LogP contribution in [0.1, 0.15) is 18.6 Å². The van der Waals surface area contributed by atoms with Crippen LogP contribution in [-0.2, 0) is 16.1 Å². The van der Waals surface area contributed by atoms with Crippen LogP contribution in [-0.4, -0.2) is 42.8 Å². The van der Waals surface area contributed by atoms with E-state index < -0.39 is 18.2 Å². The van der Waals surface area contributed by atoms with Gasteiger partial charge in [-0.05, 0) is 6.07 Å². The second-order valence-corrected chi connectivity index (χ2v) is 6.13. The molecule has 1 heterocycles. The third kappa shape index (κ3) is 3.68. The third-order valence-electron chi connectivity index (χ3n) is 3.27. The van der Waals surface area contributed by atoms with Crippen molar-refractivity contribution >= 4 is 33.7 Å². The van der Waals surface area contributed by atoms with Crippen LogP contribution < -0.4 is 0 Å². The first-order valence-corrected chi connectivity index (χ1v) is 7.67. The number of rotatable bonds is 6. The highest BCUT2D eigenvalue weighted by Gasteiger charge is 2.23. The van der Waals surface area contributed by atoms with E-state index in [4.69, 9.17) is 5.11 Å². The molecule has 22 heavy (non-hydrogen) atoms. The number of carboxylic acid groups (broad SMARTS) is 1. The maximum atomic E-state index is 10.9. The normalized spacial score (nSPS) is 14.0. The minimum absolute atomic E-state index is 0.0783. The lowest BCUT2D eigenvalue weighted by Crippen LogP contribution is -2.21. The molecule has 3 N–H and O–H groups in total. The Morgan fingerprint density at radius 1 is 1.27 bits per heavy atom. The zero-order chi connectivity index (χ0) is 16.3. The third-order valence-corrected chi connectivity index (χ3v) is 4.18. The van der Waals surface area contributed by atoms with Crippen LogP contribution in [0.15, 0.2) is 30.5 Å². The van der Waals surface area contributed by atoms with Crippen molar-refractivity contribution in [3.8, 4) is 0 Å². The summed E-state index contributed by atoms with van der Waals surface area (Å²) in [5, 5.41) is 29.8. The van der Waals surface area contributed by atoms with Gasteiger partial charge in [-0.25, -0.2) is 0 Å². The van der Waals surface area contributed by atoms with Crippen LogP contribution in [0.25, 0.3) is 10.9 Å². The molecule has 0 aliphatic carbocycles. The van der Waals surface area contributed by atoms with E-state index in [0.717, 1.165) is 11.8 Å². The molecule has 0 spiro atoms. The van der Waals surface area contributed by atoms with E-state index in [9.17, 15) is 19.8 Å². The Hall–Kier alpha value is -1.83. The number of fused-ring (bicyclic) bond motifs is 1. The molecule has 0 radical (unpaired) electrons. The van der Waals surface area contributed by atoms with Gasteiger partial charge in [0.25, 0.3) is 0 Å². The number of hydrogen-bond acceptors (Lipinski definition) is 5. The van der Waals surface area contributed by atoms with Crippen LogP contribution in [0.3, 0.4) is 0 Å². The molecule has 1 aromatic heterocycles. The number of aliphatic carboxylic acids is 1. The summed E-state index contributed by atoms with van der Waals surface area (Å²) in [5.41, 5.74) is 1.12. The number of aliphatic hydroxyl groups is 2. The monoisotopic (exact) mass is 323 g/mol. The first kappa shape index (κ1) is 16.5. The minimum atomic E-state index is -1.19. The van der Waals surface area contributed by atoms with E-state index in [2.05, 4.69) is 0 Å². The van der Waals surface area contributed by atoms with Crippen LogP contribution in [0.2, 0.25) is 0 Å². The Bertz CT molecular complexity index is 696. The van der Waals surface area contributed by atoms with Crippen molar-refractivity contribution in [3.05, 3.63) is 36.0 Å². The van der Waals surface area contributed by atoms with Gasteiger partial charge in [-0.1, -0.05) is 30.0 Å². The molecule has 0 saturated carbocycles. The Morgan fingerprint density at radius 3 is 2.59 bits per heavy atom. The number of para-hydroxylation sites is 1. The maximum Gasteiger partial charge on any atom is 0.323 e. The van der Waals surface area contributed by atoms with Crippen LogP contribution >= 0.6 is 11.8 Å². The van der Waals surface area contributed by atoms with Gasteiger partial charge in [0.1, 0.15) is 12.6 Å². The predicted octanol–water partition coefficient (Wildman–Crippen LogP) is 1.40. The topological polar surface area (TPSA) is 99.8 Å². The molecular formula is C15H17NO5S. The van der Waals surface area contributed by atoms with Crippen molar-refractivity contribution in [3.63, 3.8) is 0 Å². The van der Waals surface area contributed by atoms with Crippen molar-refractivity contribution in [1.82, 2.24) is 4.57 Å². The summed E-state index contributed by atoms with van der Waals surface area (Å²) in [6.45, 7) is 1.16. The molecule has 1 aromatic carbocycles. The quantitative estimate of drug-likeness (QED) is 0.743. The number of carbonyl (C=O) groups is 2. The first-order chi connectivity index (χ1) is 10.4. The van der Waals surface area contributed by atoms with E-state index in [1.807, 2.05) is 0 Å². The summed E-state index contributed by atoms with van der Waals surface area (Å²) in [7, 11) is 0. The SMILES string of the molecule is CC(=O)SCC(O)C(O)c1cn(CC(=O)O)c2ccccc12. The summed E-state index contributed by atoms with van der Waals surface area (Å²) < 4.78 is 1.51. The summed E-state index contributed by atoms with van der Waals surface area (Å²) in [6.07, 6.45) is -0.768. The fraction of sp³-hybridized carbons (Fsp3) is 0.333. The molecule has 0 amide bonds. The molecule has 0 aliphatic rings. The van der Waals surface area contributed by atoms with Gasteiger partial charge in [0.2, 0.25) is 0 Å². The molecule has 7 heteroatoms. The lowest BCUT2D eigenvalue weighted by Gasteiger charge is -2.16. The fourth-order valence-corrected chi connectivity index (χ4v) is 2.88. The Morgan fingerprint density at radius 2 is 1.95 bits per heavy atom. The van der Waals surface area contributed by atoms with Crippen LogP contribution in [0, 0.1) is 0 Å². The lowest BCUT2D eigenvalue weighted by molar-refractivity contribution is -0.137. The van der Waals surface area contributed by atoms with Crippen LogP contribution in [0.5, 0.6) is 0 Å². The van der Waals surface area contributed by atoms with Crippen molar-refractivity contribution in [2.24, 2.45) is 0 Å². The molecule has 118 valence electrons. The Labute approximate surface area is 131 Å². The number of carboxylic acids is 1. The summed E-state index contributed by atoms with van der Waals surface area (Å²) in [4.78, 5) is 21.9. The van der Waals surface area contributed by atoms with Crippen molar-refractivity contribution in [2.45, 2.75) is 25.7 Å². The van der Waals surface area contributed by atoms with Gasteiger partial charge in [0.15, 0.2) is 5.12 Å². The molecule has 2 unspecified atom stereocenters. The average Bonchev–Trinajstić information content (AvgIpc) is 2.82. The highest BCUT2D eigenvalue weighted by atomic mass is 32.2. The van der Waals surface area contributed by atoms with E-state index >= 15 is 0 Å². The van der Waals surface area contributed by atoms with Gasteiger partial charge in [-0.2, -0.15) is 0 Å². The predicted molar refractivity (Wildman–Crippen MR) is 83.7 cm³/mol. The number of aliphatic hydroxyl groups excluding tert-OH is 2. The van der Waals surface area contributed by atoms with E-state index in [1.54, 1.807) is 24.3 Å². The molecule has 6 nitrogen and oxygen atoms in total. The van der Waals surface area contributed by atoms with Gasteiger partial charge in [0.05, 0.1) is 6.10 Å².